The van der Waals surface area contributed by atoms with Crippen molar-refractivity contribution >= 4 is 5.69 Å². The predicted octanol–water partition coefficient (Wildman–Crippen LogP) is 3.28. The third-order valence-corrected chi connectivity index (χ3v) is 4.00. The second-order valence-corrected chi connectivity index (χ2v) is 6.22. The van der Waals surface area contributed by atoms with Crippen LogP contribution in [0, 0.1) is 5.82 Å². The maximum absolute atomic E-state index is 12.9. The molecule has 1 unspecified atom stereocenters. The van der Waals surface area contributed by atoms with E-state index >= 15 is 0 Å². The zero-order chi connectivity index (χ0) is 16.8. The molecule has 2 aromatic rings. The summed E-state index contributed by atoms with van der Waals surface area (Å²) in [5.41, 5.74) is 3.57. The summed E-state index contributed by atoms with van der Waals surface area (Å²) in [4.78, 5) is 4.31. The first-order chi connectivity index (χ1) is 11.0. The molecule has 2 rings (SSSR count). The van der Waals surface area contributed by atoms with Crippen LogP contribution in [-0.4, -0.2) is 39.6 Å². The Hall–Kier alpha value is -1.91. The van der Waals surface area contributed by atoms with Gasteiger partial charge >= 0.3 is 0 Å². The highest BCUT2D eigenvalue weighted by molar-refractivity contribution is 5.46. The highest BCUT2D eigenvalue weighted by Gasteiger charge is 2.13. The van der Waals surface area contributed by atoms with Crippen LogP contribution in [0.25, 0.3) is 0 Å². The van der Waals surface area contributed by atoms with E-state index in [2.05, 4.69) is 53.5 Å². The van der Waals surface area contributed by atoms with Gasteiger partial charge < -0.3 is 15.1 Å². The SMILES string of the molecule is CN(C)c1ccc(C(CNCc2ccc(F)cc2)N(C)C)cc1. The van der Waals surface area contributed by atoms with Gasteiger partial charge in [0.2, 0.25) is 0 Å². The molecule has 0 spiro atoms. The molecule has 1 atom stereocenters. The van der Waals surface area contributed by atoms with Crippen molar-refractivity contribution in [2.75, 3.05) is 39.6 Å². The Bertz CT molecular complexity index is 591. The maximum atomic E-state index is 12.9. The number of benzene rings is 2. The van der Waals surface area contributed by atoms with Crippen molar-refractivity contribution in [1.29, 1.82) is 0 Å². The maximum Gasteiger partial charge on any atom is 0.123 e. The topological polar surface area (TPSA) is 18.5 Å². The average molecular weight is 315 g/mol. The number of anilines is 1. The molecule has 23 heavy (non-hydrogen) atoms. The van der Waals surface area contributed by atoms with Gasteiger partial charge in [0, 0.05) is 38.9 Å². The summed E-state index contributed by atoms with van der Waals surface area (Å²) in [5, 5.41) is 3.46. The van der Waals surface area contributed by atoms with E-state index in [1.54, 1.807) is 0 Å². The van der Waals surface area contributed by atoms with Gasteiger partial charge in [-0.05, 0) is 49.5 Å². The summed E-state index contributed by atoms with van der Waals surface area (Å²) in [6, 6.07) is 15.6. The van der Waals surface area contributed by atoms with E-state index in [0.29, 0.717) is 6.04 Å². The molecule has 0 saturated carbocycles. The van der Waals surface area contributed by atoms with Crippen molar-refractivity contribution in [3.8, 4) is 0 Å². The summed E-state index contributed by atoms with van der Waals surface area (Å²) < 4.78 is 12.9. The zero-order valence-corrected chi connectivity index (χ0v) is 14.4. The number of rotatable bonds is 7. The van der Waals surface area contributed by atoms with Gasteiger partial charge in [0.1, 0.15) is 5.82 Å². The van der Waals surface area contributed by atoms with E-state index in [-0.39, 0.29) is 5.82 Å². The molecule has 0 heterocycles. The Labute approximate surface area is 138 Å². The number of hydrogen-bond acceptors (Lipinski definition) is 3. The fourth-order valence-electron chi connectivity index (χ4n) is 2.55. The first kappa shape index (κ1) is 17.4. The molecule has 3 nitrogen and oxygen atoms in total. The van der Waals surface area contributed by atoms with Gasteiger partial charge in [-0.1, -0.05) is 24.3 Å². The van der Waals surface area contributed by atoms with Crippen LogP contribution in [0.4, 0.5) is 10.1 Å². The lowest BCUT2D eigenvalue weighted by Gasteiger charge is -2.26. The van der Waals surface area contributed by atoms with E-state index in [1.807, 2.05) is 26.2 Å². The number of halogens is 1. The van der Waals surface area contributed by atoms with Gasteiger partial charge in [0.15, 0.2) is 0 Å². The normalized spacial score (nSPS) is 12.4. The van der Waals surface area contributed by atoms with Crippen LogP contribution in [0.3, 0.4) is 0 Å². The molecular weight excluding hydrogens is 289 g/mol. The molecule has 0 bridgehead atoms. The average Bonchev–Trinajstić information content (AvgIpc) is 2.53. The van der Waals surface area contributed by atoms with Crippen molar-refractivity contribution in [3.63, 3.8) is 0 Å². The van der Waals surface area contributed by atoms with Crippen molar-refractivity contribution in [1.82, 2.24) is 10.2 Å². The minimum atomic E-state index is -0.194. The summed E-state index contributed by atoms with van der Waals surface area (Å²) in [5.74, 6) is -0.194. The second-order valence-electron chi connectivity index (χ2n) is 6.22. The highest BCUT2D eigenvalue weighted by atomic mass is 19.1. The number of nitrogens with zero attached hydrogens (tertiary/aromatic N) is 2. The quantitative estimate of drug-likeness (QED) is 0.846. The Morgan fingerprint density at radius 2 is 1.52 bits per heavy atom. The van der Waals surface area contributed by atoms with Crippen LogP contribution in [0.1, 0.15) is 17.2 Å². The molecule has 0 aromatic heterocycles. The van der Waals surface area contributed by atoms with Crippen LogP contribution in [-0.2, 0) is 6.54 Å². The van der Waals surface area contributed by atoms with Crippen LogP contribution < -0.4 is 10.2 Å². The first-order valence-corrected chi connectivity index (χ1v) is 7.86. The van der Waals surface area contributed by atoms with E-state index in [9.17, 15) is 4.39 Å². The zero-order valence-electron chi connectivity index (χ0n) is 14.4. The highest BCUT2D eigenvalue weighted by Crippen LogP contribution is 2.21. The largest absolute Gasteiger partial charge is 0.378 e. The lowest BCUT2D eigenvalue weighted by molar-refractivity contribution is 0.288. The third-order valence-electron chi connectivity index (χ3n) is 4.00. The lowest BCUT2D eigenvalue weighted by atomic mass is 10.1. The van der Waals surface area contributed by atoms with Crippen LogP contribution in [0.15, 0.2) is 48.5 Å². The van der Waals surface area contributed by atoms with Gasteiger partial charge in [-0.25, -0.2) is 4.39 Å². The first-order valence-electron chi connectivity index (χ1n) is 7.86. The van der Waals surface area contributed by atoms with Gasteiger partial charge in [-0.15, -0.1) is 0 Å². The number of hydrogen-bond donors (Lipinski definition) is 1. The monoisotopic (exact) mass is 315 g/mol. The van der Waals surface area contributed by atoms with Crippen LogP contribution in [0.5, 0.6) is 0 Å². The molecule has 0 saturated heterocycles. The Morgan fingerprint density at radius 1 is 0.913 bits per heavy atom. The molecule has 0 aliphatic carbocycles. The summed E-state index contributed by atoms with van der Waals surface area (Å²) in [6.07, 6.45) is 0. The molecule has 124 valence electrons. The van der Waals surface area contributed by atoms with Gasteiger partial charge in [-0.2, -0.15) is 0 Å². The van der Waals surface area contributed by atoms with E-state index in [4.69, 9.17) is 0 Å². The van der Waals surface area contributed by atoms with Crippen LogP contribution in [0.2, 0.25) is 0 Å². The fraction of sp³-hybridized carbons (Fsp3) is 0.368. The lowest BCUT2D eigenvalue weighted by Crippen LogP contribution is -2.30. The molecule has 4 heteroatoms. The summed E-state index contributed by atoms with van der Waals surface area (Å²) in [7, 11) is 8.26. The van der Waals surface area contributed by atoms with Crippen molar-refractivity contribution in [3.05, 3.63) is 65.5 Å². The fourth-order valence-corrected chi connectivity index (χ4v) is 2.55. The number of nitrogens with one attached hydrogen (secondary N) is 1. The molecule has 0 fully saturated rings. The van der Waals surface area contributed by atoms with Crippen LogP contribution >= 0.6 is 0 Å². The summed E-state index contributed by atoms with van der Waals surface area (Å²) in [6.45, 7) is 1.58. The minimum Gasteiger partial charge on any atom is -0.378 e. The van der Waals surface area contributed by atoms with Crippen molar-refractivity contribution in [2.24, 2.45) is 0 Å². The molecule has 0 radical (unpaired) electrons. The Kier molecular flexibility index (Phi) is 6.13. The molecule has 0 aliphatic heterocycles. The molecular formula is C19H26FN3. The smallest absolute Gasteiger partial charge is 0.123 e. The molecule has 2 aromatic carbocycles. The predicted molar refractivity (Wildman–Crippen MR) is 95.3 cm³/mol. The van der Waals surface area contributed by atoms with Gasteiger partial charge in [0.25, 0.3) is 0 Å². The van der Waals surface area contributed by atoms with Gasteiger partial charge in [-0.3, -0.25) is 0 Å². The molecule has 0 aliphatic rings. The van der Waals surface area contributed by atoms with Crippen molar-refractivity contribution < 1.29 is 4.39 Å². The van der Waals surface area contributed by atoms with E-state index < -0.39 is 0 Å². The molecule has 0 amide bonds. The number of likely N-dealkylation sites (N-methyl/N-ethyl adjacent to an activating group) is 1. The van der Waals surface area contributed by atoms with E-state index in [0.717, 1.165) is 18.7 Å². The van der Waals surface area contributed by atoms with Gasteiger partial charge in [0.05, 0.1) is 0 Å². The van der Waals surface area contributed by atoms with Crippen molar-refractivity contribution in [2.45, 2.75) is 12.6 Å². The Morgan fingerprint density at radius 3 is 2.04 bits per heavy atom. The minimum absolute atomic E-state index is 0.194. The second kappa shape index (κ2) is 8.09. The standard InChI is InChI=1S/C19H26FN3/c1-22(2)18-11-7-16(8-12-18)19(23(3)4)14-21-13-15-5-9-17(20)10-6-15/h5-12,19,21H,13-14H2,1-4H3. The molecule has 1 N–H and O–H groups in total. The Balaban J connectivity index is 1.97. The summed E-state index contributed by atoms with van der Waals surface area (Å²) >= 11 is 0. The third kappa shape index (κ3) is 5.05. The van der Waals surface area contributed by atoms with E-state index in [1.165, 1.54) is 23.4 Å².